The summed E-state index contributed by atoms with van der Waals surface area (Å²) in [6, 6.07) is 4.49. The van der Waals surface area contributed by atoms with E-state index >= 15 is 0 Å². The number of halogens is 1. The van der Waals surface area contributed by atoms with Crippen molar-refractivity contribution in [1.29, 1.82) is 0 Å². The number of nitro benzene ring substituents is 1. The molecule has 1 aliphatic carbocycles. The molecule has 15 heteroatoms. The number of carbonyl (C=O) groups is 4. The van der Waals surface area contributed by atoms with Crippen LogP contribution in [0.3, 0.4) is 0 Å². The van der Waals surface area contributed by atoms with Gasteiger partial charge in [-0.2, -0.15) is 0 Å². The van der Waals surface area contributed by atoms with Crippen molar-refractivity contribution in [3.8, 4) is 0 Å². The maximum absolute atomic E-state index is 13.6. The van der Waals surface area contributed by atoms with Crippen LogP contribution in [0.25, 0.3) is 0 Å². The van der Waals surface area contributed by atoms with Crippen molar-refractivity contribution in [3.63, 3.8) is 0 Å². The summed E-state index contributed by atoms with van der Waals surface area (Å²) in [5.74, 6) is -1.53. The van der Waals surface area contributed by atoms with Gasteiger partial charge in [-0.1, -0.05) is 15.9 Å². The fraction of sp³-hybridized carbons (Fsp3) is 0.520. The largest absolute Gasteiger partial charge is 0.457 e. The highest BCUT2D eigenvalue weighted by atomic mass is 79.9. The first-order valence-electron chi connectivity index (χ1n) is 12.7. The standard InChI is InChI=1S/C25H29BrN4O9S/c1-15(31)27-20-22(32)29(23(20)40-25(34)39-14-16-2-3-16)21(19(12-26)28-8-10-37-11-9-28)24(33)38-13-17-4-6-18(7-5-17)30(35)36/h4-7,16,20,23H,2-3,8-14H2,1H3,(H,27,31). The Hall–Kier alpha value is -3.17. The summed E-state index contributed by atoms with van der Waals surface area (Å²) in [6.07, 6.45) is 1.98. The SMILES string of the molecule is CC(=O)NC1C(=O)N(C(C(=O)OCc2ccc([N+](=O)[O-])cc2)=C(CBr)N2CCOCC2)C1SC(=O)OCC1CC1. The third-order valence-corrected chi connectivity index (χ3v) is 8.06. The van der Waals surface area contributed by atoms with Gasteiger partial charge in [-0.05, 0) is 48.2 Å². The van der Waals surface area contributed by atoms with Crippen molar-refractivity contribution in [2.24, 2.45) is 5.92 Å². The molecule has 216 valence electrons. The summed E-state index contributed by atoms with van der Waals surface area (Å²) < 4.78 is 16.4. The molecule has 2 amide bonds. The molecule has 4 rings (SSSR count). The lowest BCUT2D eigenvalue weighted by atomic mass is 10.0. The topological polar surface area (TPSA) is 158 Å². The number of esters is 1. The van der Waals surface area contributed by atoms with Gasteiger partial charge in [0.15, 0.2) is 5.70 Å². The normalized spacial score (nSPS) is 21.2. The van der Waals surface area contributed by atoms with Crippen molar-refractivity contribution < 1.29 is 38.3 Å². The minimum absolute atomic E-state index is 0.0696. The number of non-ortho nitro benzene ring substituents is 1. The van der Waals surface area contributed by atoms with Gasteiger partial charge in [0.25, 0.3) is 11.6 Å². The molecule has 0 spiro atoms. The monoisotopic (exact) mass is 640 g/mol. The molecule has 13 nitrogen and oxygen atoms in total. The molecule has 40 heavy (non-hydrogen) atoms. The molecule has 3 fully saturated rings. The van der Waals surface area contributed by atoms with E-state index in [2.05, 4.69) is 21.2 Å². The lowest BCUT2D eigenvalue weighted by molar-refractivity contribution is -0.384. The van der Waals surface area contributed by atoms with Crippen LogP contribution in [0.1, 0.15) is 25.3 Å². The number of alkyl halides is 1. The molecule has 2 saturated heterocycles. The molecule has 0 bridgehead atoms. The van der Waals surface area contributed by atoms with E-state index in [-0.39, 0.29) is 29.9 Å². The fourth-order valence-corrected chi connectivity index (χ4v) is 5.78. The maximum atomic E-state index is 13.6. The molecule has 2 aliphatic heterocycles. The molecular formula is C25H29BrN4O9S. The van der Waals surface area contributed by atoms with Gasteiger partial charge in [0.2, 0.25) is 5.91 Å². The molecule has 1 N–H and O–H groups in total. The van der Waals surface area contributed by atoms with Crippen LogP contribution < -0.4 is 5.32 Å². The zero-order valence-electron chi connectivity index (χ0n) is 21.7. The Bertz CT molecular complexity index is 1190. The summed E-state index contributed by atoms with van der Waals surface area (Å²) >= 11 is 4.16. The molecule has 1 saturated carbocycles. The van der Waals surface area contributed by atoms with Crippen LogP contribution in [0, 0.1) is 16.0 Å². The Kier molecular flexibility index (Phi) is 10.0. The Morgan fingerprint density at radius 1 is 1.18 bits per heavy atom. The van der Waals surface area contributed by atoms with Crippen LogP contribution in [0.2, 0.25) is 0 Å². The van der Waals surface area contributed by atoms with Crippen molar-refractivity contribution in [2.45, 2.75) is 37.8 Å². The second-order valence-electron chi connectivity index (χ2n) is 9.43. The van der Waals surface area contributed by atoms with E-state index in [4.69, 9.17) is 14.2 Å². The summed E-state index contributed by atoms with van der Waals surface area (Å²) in [5, 5.41) is 12.1. The van der Waals surface area contributed by atoms with Crippen molar-refractivity contribution in [2.75, 3.05) is 38.2 Å². The number of likely N-dealkylation sites (tertiary alicyclic amines) is 1. The molecule has 1 aromatic carbocycles. The van der Waals surface area contributed by atoms with E-state index in [9.17, 15) is 29.3 Å². The number of β-lactam (4-membered cyclic amide) rings is 1. The third kappa shape index (κ3) is 7.31. The molecule has 0 aromatic heterocycles. The highest BCUT2D eigenvalue weighted by molar-refractivity contribution is 9.09. The number of rotatable bonds is 11. The quantitative estimate of drug-likeness (QED) is 0.0946. The number of allylic oxidation sites excluding steroid dienone is 1. The van der Waals surface area contributed by atoms with Crippen molar-refractivity contribution in [3.05, 3.63) is 51.3 Å². The number of hydrogen-bond acceptors (Lipinski definition) is 11. The van der Waals surface area contributed by atoms with E-state index in [1.165, 1.54) is 36.1 Å². The van der Waals surface area contributed by atoms with E-state index in [0.717, 1.165) is 24.6 Å². The van der Waals surface area contributed by atoms with E-state index in [1.54, 1.807) is 0 Å². The second kappa shape index (κ2) is 13.5. The van der Waals surface area contributed by atoms with Gasteiger partial charge in [-0.15, -0.1) is 0 Å². The van der Waals surface area contributed by atoms with Crippen LogP contribution in [0.15, 0.2) is 35.7 Å². The third-order valence-electron chi connectivity index (χ3n) is 6.50. The van der Waals surface area contributed by atoms with Gasteiger partial charge < -0.3 is 24.4 Å². The number of hydrogen-bond donors (Lipinski definition) is 1. The lowest BCUT2D eigenvalue weighted by Crippen LogP contribution is -2.70. The highest BCUT2D eigenvalue weighted by Gasteiger charge is 2.54. The number of amides is 2. The number of benzene rings is 1. The Labute approximate surface area is 242 Å². The minimum Gasteiger partial charge on any atom is -0.457 e. The van der Waals surface area contributed by atoms with Crippen molar-refractivity contribution >= 4 is 56.5 Å². The Balaban J connectivity index is 1.61. The highest BCUT2D eigenvalue weighted by Crippen LogP contribution is 2.38. The Morgan fingerprint density at radius 2 is 1.85 bits per heavy atom. The number of nitrogens with one attached hydrogen (secondary N) is 1. The first-order valence-corrected chi connectivity index (χ1v) is 14.7. The van der Waals surface area contributed by atoms with E-state index in [1.807, 2.05) is 4.90 Å². The van der Waals surface area contributed by atoms with Crippen molar-refractivity contribution in [1.82, 2.24) is 15.1 Å². The molecule has 2 atom stereocenters. The summed E-state index contributed by atoms with van der Waals surface area (Å²) in [4.78, 5) is 65.0. The van der Waals surface area contributed by atoms with Crippen LogP contribution in [-0.4, -0.2) is 87.5 Å². The minimum atomic E-state index is -1.05. The van der Waals surface area contributed by atoms with Gasteiger partial charge in [-0.25, -0.2) is 9.59 Å². The second-order valence-corrected chi connectivity index (χ2v) is 11.0. The Morgan fingerprint density at radius 3 is 2.42 bits per heavy atom. The maximum Gasteiger partial charge on any atom is 0.369 e. The molecule has 2 unspecified atom stereocenters. The predicted molar refractivity (Wildman–Crippen MR) is 146 cm³/mol. The molecule has 2 heterocycles. The summed E-state index contributed by atoms with van der Waals surface area (Å²) in [5.41, 5.74) is 0.794. The van der Waals surface area contributed by atoms with Gasteiger partial charge in [0, 0.05) is 37.5 Å². The van der Waals surface area contributed by atoms with Crippen LogP contribution >= 0.6 is 27.7 Å². The van der Waals surface area contributed by atoms with Gasteiger partial charge in [-0.3, -0.25) is 24.6 Å². The fourth-order valence-electron chi connectivity index (χ4n) is 4.19. The first kappa shape index (κ1) is 29.8. The predicted octanol–water partition coefficient (Wildman–Crippen LogP) is 2.53. The average Bonchev–Trinajstić information content (AvgIpc) is 3.78. The van der Waals surface area contributed by atoms with E-state index < -0.39 is 39.4 Å². The number of morpholine rings is 1. The summed E-state index contributed by atoms with van der Waals surface area (Å²) in [7, 11) is 0. The summed E-state index contributed by atoms with van der Waals surface area (Å²) in [6.45, 7) is 3.06. The molecule has 1 aromatic rings. The van der Waals surface area contributed by atoms with Gasteiger partial charge in [0.1, 0.15) is 18.0 Å². The van der Waals surface area contributed by atoms with Crippen LogP contribution in [0.5, 0.6) is 0 Å². The number of carbonyl (C=O) groups excluding carboxylic acids is 4. The zero-order valence-corrected chi connectivity index (χ0v) is 24.1. The molecular weight excluding hydrogens is 612 g/mol. The smallest absolute Gasteiger partial charge is 0.369 e. The van der Waals surface area contributed by atoms with Crippen LogP contribution in [0.4, 0.5) is 10.5 Å². The number of ether oxygens (including phenoxy) is 3. The van der Waals surface area contributed by atoms with E-state index in [0.29, 0.717) is 43.5 Å². The van der Waals surface area contributed by atoms with Crippen LogP contribution in [-0.2, 0) is 35.2 Å². The zero-order chi connectivity index (χ0) is 28.8. The number of nitro groups is 1. The van der Waals surface area contributed by atoms with Gasteiger partial charge >= 0.3 is 11.3 Å². The molecule has 3 aliphatic rings. The lowest BCUT2D eigenvalue weighted by Gasteiger charge is -2.47. The number of nitrogens with zero attached hydrogens (tertiary/aromatic N) is 3. The first-order chi connectivity index (χ1) is 19.2. The average molecular weight is 641 g/mol. The number of thioether (sulfide) groups is 1. The van der Waals surface area contributed by atoms with Gasteiger partial charge in [0.05, 0.1) is 30.4 Å². The molecule has 0 radical (unpaired) electrons.